The van der Waals surface area contributed by atoms with Gasteiger partial charge in [-0.05, 0) is 23.8 Å². The monoisotopic (exact) mass is 212 g/mol. The molecule has 0 spiro atoms. The average molecular weight is 212 g/mol. The fourth-order valence-electron chi connectivity index (χ4n) is 1.91. The van der Waals surface area contributed by atoms with Crippen LogP contribution in [0.3, 0.4) is 0 Å². The summed E-state index contributed by atoms with van der Waals surface area (Å²) in [6, 6.07) is 8.19. The van der Waals surface area contributed by atoms with E-state index in [2.05, 4.69) is 34.5 Å². The van der Waals surface area contributed by atoms with Crippen molar-refractivity contribution < 1.29 is 4.74 Å². The van der Waals surface area contributed by atoms with Gasteiger partial charge in [-0.25, -0.2) is 0 Å². The lowest BCUT2D eigenvalue weighted by Gasteiger charge is -2.02. The van der Waals surface area contributed by atoms with Crippen LogP contribution in [0.15, 0.2) is 30.5 Å². The number of hydrogen-bond acceptors (Lipinski definition) is 2. The topological polar surface area (TPSA) is 37.9 Å². The van der Waals surface area contributed by atoms with Crippen molar-refractivity contribution in [3.63, 3.8) is 0 Å². The van der Waals surface area contributed by atoms with Gasteiger partial charge in [-0.15, -0.1) is 0 Å². The van der Waals surface area contributed by atoms with Crippen LogP contribution < -0.4 is 4.74 Å². The molecule has 1 aliphatic heterocycles. The lowest BCUT2D eigenvalue weighted by molar-refractivity contribution is 0.356. The quantitative estimate of drug-likeness (QED) is 0.830. The molecule has 2 aromatic rings. The summed E-state index contributed by atoms with van der Waals surface area (Å²) < 4.78 is 5.62. The van der Waals surface area contributed by atoms with Gasteiger partial charge in [0.25, 0.3) is 0 Å². The van der Waals surface area contributed by atoms with E-state index in [0.29, 0.717) is 0 Å². The molecule has 16 heavy (non-hydrogen) atoms. The molecule has 0 unspecified atom stereocenters. The first-order chi connectivity index (χ1) is 7.93. The van der Waals surface area contributed by atoms with Gasteiger partial charge in [-0.2, -0.15) is 5.10 Å². The van der Waals surface area contributed by atoms with Crippen molar-refractivity contribution in [3.05, 3.63) is 47.3 Å². The van der Waals surface area contributed by atoms with Gasteiger partial charge in [0.15, 0.2) is 0 Å². The van der Waals surface area contributed by atoms with E-state index < -0.39 is 0 Å². The molecule has 0 aliphatic carbocycles. The van der Waals surface area contributed by atoms with Crippen molar-refractivity contribution >= 4 is 12.2 Å². The molecule has 0 atom stereocenters. The number of para-hydroxylation sites is 1. The first-order valence-electron chi connectivity index (χ1n) is 5.35. The Hall–Kier alpha value is -2.03. The van der Waals surface area contributed by atoms with Crippen LogP contribution in [0.4, 0.5) is 0 Å². The first kappa shape index (κ1) is 9.21. The maximum atomic E-state index is 5.62. The molecule has 3 nitrogen and oxygen atoms in total. The van der Waals surface area contributed by atoms with Gasteiger partial charge in [0, 0.05) is 18.2 Å². The van der Waals surface area contributed by atoms with E-state index in [4.69, 9.17) is 4.74 Å². The smallest absolute Gasteiger partial charge is 0.129 e. The lowest BCUT2D eigenvalue weighted by Crippen LogP contribution is -1.87. The second-order valence-corrected chi connectivity index (χ2v) is 3.78. The van der Waals surface area contributed by atoms with Crippen LogP contribution >= 0.6 is 0 Å². The molecular formula is C13H12N2O. The highest BCUT2D eigenvalue weighted by molar-refractivity contribution is 5.72. The van der Waals surface area contributed by atoms with Crippen LogP contribution in [0, 0.1) is 0 Å². The zero-order valence-electron chi connectivity index (χ0n) is 8.81. The van der Waals surface area contributed by atoms with Crippen LogP contribution in [0.5, 0.6) is 5.75 Å². The minimum absolute atomic E-state index is 0.796. The molecule has 3 rings (SSSR count). The highest BCUT2D eigenvalue weighted by atomic mass is 16.5. The predicted octanol–water partition coefficient (Wildman–Crippen LogP) is 2.51. The minimum Gasteiger partial charge on any atom is -0.492 e. The Morgan fingerprint density at radius 3 is 3.12 bits per heavy atom. The van der Waals surface area contributed by atoms with E-state index in [1.165, 1.54) is 5.56 Å². The molecule has 0 radical (unpaired) electrons. The number of nitrogens with one attached hydrogen (secondary N) is 1. The van der Waals surface area contributed by atoms with E-state index in [-0.39, 0.29) is 0 Å². The van der Waals surface area contributed by atoms with Crippen LogP contribution in [0.1, 0.15) is 16.8 Å². The van der Waals surface area contributed by atoms with Crippen molar-refractivity contribution in [2.75, 3.05) is 6.61 Å². The van der Waals surface area contributed by atoms with Crippen LogP contribution in [-0.2, 0) is 6.42 Å². The number of rotatable bonds is 2. The number of hydrogen-bond donors (Lipinski definition) is 1. The number of ether oxygens (including phenoxy) is 1. The molecule has 1 aliphatic rings. The molecule has 3 heteroatoms. The summed E-state index contributed by atoms with van der Waals surface area (Å²) in [6.45, 7) is 0.796. The van der Waals surface area contributed by atoms with E-state index in [9.17, 15) is 0 Å². The molecule has 0 bridgehead atoms. The van der Waals surface area contributed by atoms with Crippen molar-refractivity contribution in [2.24, 2.45) is 0 Å². The summed E-state index contributed by atoms with van der Waals surface area (Å²) in [5, 5.41) is 6.80. The summed E-state index contributed by atoms with van der Waals surface area (Å²) in [4.78, 5) is 0. The van der Waals surface area contributed by atoms with E-state index in [1.54, 1.807) is 6.20 Å². The SMILES string of the molecule is C(=C\c1cccc2c1OCC2)/c1ccn[nH]1. The third-order valence-electron chi connectivity index (χ3n) is 2.71. The number of aromatic nitrogens is 2. The van der Waals surface area contributed by atoms with E-state index >= 15 is 0 Å². The summed E-state index contributed by atoms with van der Waals surface area (Å²) in [5.41, 5.74) is 3.42. The maximum Gasteiger partial charge on any atom is 0.129 e. The Balaban J connectivity index is 1.93. The van der Waals surface area contributed by atoms with Crippen molar-refractivity contribution in [2.45, 2.75) is 6.42 Å². The summed E-state index contributed by atoms with van der Waals surface area (Å²) in [5.74, 6) is 1.03. The fraction of sp³-hybridized carbons (Fsp3) is 0.154. The summed E-state index contributed by atoms with van der Waals surface area (Å²) in [6.07, 6.45) is 6.81. The predicted molar refractivity (Wildman–Crippen MR) is 63.2 cm³/mol. The Morgan fingerprint density at radius 2 is 2.25 bits per heavy atom. The Bertz CT molecular complexity index is 515. The highest BCUT2D eigenvalue weighted by Crippen LogP contribution is 2.30. The normalized spacial score (nSPS) is 14.0. The van der Waals surface area contributed by atoms with Crippen molar-refractivity contribution in [1.82, 2.24) is 10.2 Å². The summed E-state index contributed by atoms with van der Waals surface area (Å²) >= 11 is 0. The molecular weight excluding hydrogens is 200 g/mol. The molecule has 0 saturated carbocycles. The standard InChI is InChI=1S/C13H12N2O/c1-2-10(4-5-12-6-8-14-15-12)13-11(3-1)7-9-16-13/h1-6,8H,7,9H2,(H,14,15)/b5-4+. The second-order valence-electron chi connectivity index (χ2n) is 3.78. The Labute approximate surface area is 93.8 Å². The number of aromatic amines is 1. The number of fused-ring (bicyclic) bond motifs is 1. The zero-order valence-corrected chi connectivity index (χ0v) is 8.81. The molecule has 0 saturated heterocycles. The van der Waals surface area contributed by atoms with Gasteiger partial charge >= 0.3 is 0 Å². The van der Waals surface area contributed by atoms with Crippen molar-refractivity contribution in [3.8, 4) is 5.75 Å². The third-order valence-corrected chi connectivity index (χ3v) is 2.71. The zero-order chi connectivity index (χ0) is 10.8. The van der Waals surface area contributed by atoms with Gasteiger partial charge < -0.3 is 4.74 Å². The fourth-order valence-corrected chi connectivity index (χ4v) is 1.91. The lowest BCUT2D eigenvalue weighted by atomic mass is 10.1. The van der Waals surface area contributed by atoms with Gasteiger partial charge in [-0.1, -0.05) is 18.2 Å². The number of H-pyrrole nitrogens is 1. The van der Waals surface area contributed by atoms with Gasteiger partial charge in [-0.3, -0.25) is 5.10 Å². The molecule has 1 aromatic carbocycles. The van der Waals surface area contributed by atoms with Gasteiger partial charge in [0.05, 0.1) is 12.3 Å². The molecule has 2 heterocycles. The summed E-state index contributed by atoms with van der Waals surface area (Å²) in [7, 11) is 0. The minimum atomic E-state index is 0.796. The maximum absolute atomic E-state index is 5.62. The third kappa shape index (κ3) is 1.60. The Morgan fingerprint density at radius 1 is 1.25 bits per heavy atom. The first-order valence-corrected chi connectivity index (χ1v) is 5.35. The van der Waals surface area contributed by atoms with E-state index in [0.717, 1.165) is 30.0 Å². The molecule has 1 aromatic heterocycles. The molecule has 1 N–H and O–H groups in total. The van der Waals surface area contributed by atoms with Crippen LogP contribution in [-0.4, -0.2) is 16.8 Å². The Kier molecular flexibility index (Phi) is 2.22. The van der Waals surface area contributed by atoms with Crippen LogP contribution in [0.25, 0.3) is 12.2 Å². The highest BCUT2D eigenvalue weighted by Gasteiger charge is 2.13. The van der Waals surface area contributed by atoms with Gasteiger partial charge in [0.2, 0.25) is 0 Å². The van der Waals surface area contributed by atoms with Crippen molar-refractivity contribution in [1.29, 1.82) is 0 Å². The average Bonchev–Trinajstić information content (AvgIpc) is 2.97. The molecule has 0 amide bonds. The largest absolute Gasteiger partial charge is 0.492 e. The number of benzene rings is 1. The second kappa shape index (κ2) is 3.85. The van der Waals surface area contributed by atoms with Crippen LogP contribution in [0.2, 0.25) is 0 Å². The van der Waals surface area contributed by atoms with E-state index in [1.807, 2.05) is 12.1 Å². The molecule has 80 valence electrons. The van der Waals surface area contributed by atoms with Gasteiger partial charge in [0.1, 0.15) is 5.75 Å². The number of nitrogens with zero attached hydrogens (tertiary/aromatic N) is 1. The molecule has 0 fully saturated rings.